The number of aliphatic hydroxyl groups is 1. The van der Waals surface area contributed by atoms with Crippen LogP contribution in [0.5, 0.6) is 0 Å². The maximum Gasteiger partial charge on any atom is 0.189 e. The van der Waals surface area contributed by atoms with E-state index in [1.165, 1.54) is 0 Å². The lowest BCUT2D eigenvalue weighted by Gasteiger charge is -2.46. The van der Waals surface area contributed by atoms with Crippen LogP contribution in [-0.4, -0.2) is 49.3 Å². The van der Waals surface area contributed by atoms with E-state index in [9.17, 15) is 9.90 Å². The van der Waals surface area contributed by atoms with Crippen molar-refractivity contribution in [3.05, 3.63) is 35.9 Å². The van der Waals surface area contributed by atoms with Crippen LogP contribution >= 0.6 is 0 Å². The van der Waals surface area contributed by atoms with Crippen molar-refractivity contribution < 1.29 is 24.1 Å². The van der Waals surface area contributed by atoms with Crippen LogP contribution in [0.4, 0.5) is 0 Å². The number of rotatable bonds is 8. The molecule has 1 aromatic carbocycles. The number of benzene rings is 1. The van der Waals surface area contributed by atoms with Crippen LogP contribution in [0.25, 0.3) is 0 Å². The summed E-state index contributed by atoms with van der Waals surface area (Å²) in [7, 11) is -2.04. The van der Waals surface area contributed by atoms with Gasteiger partial charge in [0.05, 0.1) is 21.3 Å². The van der Waals surface area contributed by atoms with E-state index in [2.05, 4.69) is 33.9 Å². The van der Waals surface area contributed by atoms with Crippen LogP contribution in [0.2, 0.25) is 19.1 Å². The smallest absolute Gasteiger partial charge is 0.189 e. The first-order valence-electron chi connectivity index (χ1n) is 10.5. The van der Waals surface area contributed by atoms with Crippen LogP contribution in [-0.2, 0) is 25.6 Å². The van der Waals surface area contributed by atoms with Gasteiger partial charge in [-0.25, -0.2) is 0 Å². The highest BCUT2D eigenvalue weighted by Crippen LogP contribution is 2.35. The van der Waals surface area contributed by atoms with E-state index in [0.29, 0.717) is 6.61 Å². The van der Waals surface area contributed by atoms with E-state index in [4.69, 9.17) is 14.2 Å². The van der Waals surface area contributed by atoms with Crippen molar-refractivity contribution in [2.24, 2.45) is 5.41 Å². The minimum atomic E-state index is -2.04. The molecule has 0 amide bonds. The summed E-state index contributed by atoms with van der Waals surface area (Å²) < 4.78 is 17.6. The molecule has 1 N–H and O–H groups in total. The molecule has 1 aliphatic heterocycles. The number of hydrogen-bond acceptors (Lipinski definition) is 5. The third-order valence-electron chi connectivity index (χ3n) is 5.33. The van der Waals surface area contributed by atoms with Gasteiger partial charge in [0.1, 0.15) is 17.9 Å². The molecule has 0 bridgehead atoms. The third-order valence-corrected chi connectivity index (χ3v) is 8.69. The summed E-state index contributed by atoms with van der Waals surface area (Å²) in [5.74, 6) is -1.07. The third kappa shape index (κ3) is 7.29. The molecule has 0 unspecified atom stereocenters. The Balaban J connectivity index is 2.04. The summed E-state index contributed by atoms with van der Waals surface area (Å²) in [5, 5.41) is 10.7. The summed E-state index contributed by atoms with van der Waals surface area (Å²) in [5.41, 5.74) is 0.730. The van der Waals surface area contributed by atoms with E-state index in [1.807, 2.05) is 44.2 Å². The Bertz CT molecular complexity index is 666. The molecule has 1 heterocycles. The van der Waals surface area contributed by atoms with E-state index in [0.717, 1.165) is 18.0 Å². The van der Waals surface area contributed by atoms with Crippen LogP contribution in [0.1, 0.15) is 46.6 Å². The average Bonchev–Trinajstić information content (AvgIpc) is 2.62. The van der Waals surface area contributed by atoms with Crippen molar-refractivity contribution in [3.8, 4) is 0 Å². The molecule has 29 heavy (non-hydrogen) atoms. The fourth-order valence-corrected chi connectivity index (χ4v) is 6.68. The summed E-state index contributed by atoms with van der Waals surface area (Å²) in [6.07, 6.45) is -0.918. The van der Waals surface area contributed by atoms with Crippen molar-refractivity contribution in [1.82, 2.24) is 0 Å². The molecular formula is C23H38O5Si. The summed E-state index contributed by atoms with van der Waals surface area (Å²) in [6.45, 7) is 15.1. The molecule has 1 fully saturated rings. The van der Waals surface area contributed by atoms with Crippen LogP contribution < -0.4 is 0 Å². The molecule has 1 aliphatic rings. The van der Waals surface area contributed by atoms with Gasteiger partial charge in [-0.15, -0.1) is 0 Å². The van der Waals surface area contributed by atoms with Gasteiger partial charge in [0.15, 0.2) is 11.6 Å². The second-order valence-corrected chi connectivity index (χ2v) is 15.5. The van der Waals surface area contributed by atoms with Gasteiger partial charge in [-0.3, -0.25) is 4.79 Å². The summed E-state index contributed by atoms with van der Waals surface area (Å²) in [6, 6.07) is 10.7. The van der Waals surface area contributed by atoms with Gasteiger partial charge in [-0.1, -0.05) is 76.7 Å². The van der Waals surface area contributed by atoms with Gasteiger partial charge >= 0.3 is 0 Å². The first-order valence-corrected chi connectivity index (χ1v) is 13.8. The van der Waals surface area contributed by atoms with Crippen LogP contribution in [0, 0.1) is 5.41 Å². The highest BCUT2D eigenvalue weighted by molar-refractivity contribution is 6.81. The van der Waals surface area contributed by atoms with Crippen molar-refractivity contribution in [2.45, 2.75) is 90.5 Å². The Morgan fingerprint density at radius 2 is 1.79 bits per heavy atom. The maximum atomic E-state index is 13.2. The standard InChI is InChI=1S/C23H38O5Si/c1-22(2,3)13-14-29(6,7)21-19(25)20(27-23(4,5)28-21)18(24)16-26-15-17-11-9-8-10-12-17/h8-12,18,20-21,24H,13-16H2,1-7H3/t18-,20-,21-/m0/s1. The van der Waals surface area contributed by atoms with E-state index in [1.54, 1.807) is 0 Å². The number of hydrogen-bond donors (Lipinski definition) is 1. The molecule has 0 aromatic heterocycles. The molecule has 2 rings (SSSR count). The lowest BCUT2D eigenvalue weighted by Crippen LogP contribution is -2.63. The maximum absolute atomic E-state index is 13.2. The first-order chi connectivity index (χ1) is 13.3. The highest BCUT2D eigenvalue weighted by atomic mass is 28.3. The molecule has 5 nitrogen and oxygen atoms in total. The van der Waals surface area contributed by atoms with Crippen molar-refractivity contribution in [1.29, 1.82) is 0 Å². The van der Waals surface area contributed by atoms with Gasteiger partial charge in [-0.2, -0.15) is 0 Å². The lowest BCUT2D eigenvalue weighted by atomic mass is 9.94. The fourth-order valence-electron chi connectivity index (χ4n) is 3.48. The van der Waals surface area contributed by atoms with Crippen molar-refractivity contribution in [2.75, 3.05) is 6.61 Å². The molecule has 1 aromatic rings. The molecule has 3 atom stereocenters. The molecule has 6 heteroatoms. The zero-order chi connectivity index (χ0) is 21.9. The zero-order valence-electron chi connectivity index (χ0n) is 19.0. The van der Waals surface area contributed by atoms with Crippen molar-refractivity contribution in [3.63, 3.8) is 0 Å². The number of Topliss-reactive ketones (excluding diaryl/α,β-unsaturated/α-hetero) is 1. The van der Waals surface area contributed by atoms with Gasteiger partial charge in [0, 0.05) is 0 Å². The first kappa shape index (κ1) is 24.2. The minimum absolute atomic E-state index is 0.0398. The van der Waals surface area contributed by atoms with Gasteiger partial charge in [0.25, 0.3) is 0 Å². The highest BCUT2D eigenvalue weighted by Gasteiger charge is 2.51. The predicted molar refractivity (Wildman–Crippen MR) is 117 cm³/mol. The monoisotopic (exact) mass is 422 g/mol. The Kier molecular flexibility index (Phi) is 7.84. The molecule has 0 saturated carbocycles. The predicted octanol–water partition coefficient (Wildman–Crippen LogP) is 4.34. The summed E-state index contributed by atoms with van der Waals surface area (Å²) >= 11 is 0. The lowest BCUT2D eigenvalue weighted by molar-refractivity contribution is -0.282. The molecule has 0 spiro atoms. The summed E-state index contributed by atoms with van der Waals surface area (Å²) in [4.78, 5) is 13.2. The number of ketones is 1. The van der Waals surface area contributed by atoms with E-state index < -0.39 is 31.8 Å². The Hall–Kier alpha value is -1.05. The molecular weight excluding hydrogens is 384 g/mol. The number of aliphatic hydroxyl groups excluding tert-OH is 1. The van der Waals surface area contributed by atoms with E-state index >= 15 is 0 Å². The molecule has 0 radical (unpaired) electrons. The minimum Gasteiger partial charge on any atom is -0.388 e. The largest absolute Gasteiger partial charge is 0.388 e. The molecule has 164 valence electrons. The second kappa shape index (κ2) is 9.39. The van der Waals surface area contributed by atoms with Gasteiger partial charge < -0.3 is 19.3 Å². The Morgan fingerprint density at radius 1 is 1.17 bits per heavy atom. The topological polar surface area (TPSA) is 65.0 Å². The van der Waals surface area contributed by atoms with Crippen LogP contribution in [0.15, 0.2) is 30.3 Å². The number of carbonyl (C=O) groups excluding carboxylic acids is 1. The van der Waals surface area contributed by atoms with Gasteiger partial charge in [-0.05, 0) is 24.8 Å². The quantitative estimate of drug-likeness (QED) is 0.632. The number of ether oxygens (including phenoxy) is 3. The molecule has 1 saturated heterocycles. The van der Waals surface area contributed by atoms with Crippen molar-refractivity contribution >= 4 is 13.9 Å². The second-order valence-electron chi connectivity index (χ2n) is 10.5. The Morgan fingerprint density at radius 3 is 2.38 bits per heavy atom. The zero-order valence-corrected chi connectivity index (χ0v) is 20.0. The van der Waals surface area contributed by atoms with E-state index in [-0.39, 0.29) is 17.8 Å². The molecule has 0 aliphatic carbocycles. The van der Waals surface area contributed by atoms with Gasteiger partial charge in [0.2, 0.25) is 0 Å². The fraction of sp³-hybridized carbons (Fsp3) is 0.696. The average molecular weight is 423 g/mol. The SMILES string of the molecule is CC(C)(C)CC[Si](C)(C)[C@@H]1OC(C)(C)O[C@@H]([C@@H](O)COCc2ccccc2)C1=O. The van der Waals surface area contributed by atoms with Crippen LogP contribution in [0.3, 0.4) is 0 Å². The normalized spacial score (nSPS) is 23.8. The number of carbonyl (C=O) groups is 1. The Labute approximate surface area is 176 Å².